The highest BCUT2D eigenvalue weighted by atomic mass is 16.1. The molecule has 1 nitrogen and oxygen atoms in total. The van der Waals surface area contributed by atoms with Gasteiger partial charge in [0.05, 0.1) is 0 Å². The summed E-state index contributed by atoms with van der Waals surface area (Å²) < 4.78 is 0. The summed E-state index contributed by atoms with van der Waals surface area (Å²) in [5, 5.41) is 0. The van der Waals surface area contributed by atoms with Gasteiger partial charge in [-0.05, 0) is 147 Å². The molecule has 0 bridgehead atoms. The normalized spacial score (nSPS) is 18.7. The zero-order valence-corrected chi connectivity index (χ0v) is 38.0. The van der Waals surface area contributed by atoms with E-state index < -0.39 is 0 Å². The van der Waals surface area contributed by atoms with Crippen molar-refractivity contribution in [2.24, 2.45) is 16.7 Å². The van der Waals surface area contributed by atoms with Gasteiger partial charge in [-0.25, -0.2) is 0 Å². The largest absolute Gasteiger partial charge is 0.295 e. The van der Waals surface area contributed by atoms with Crippen LogP contribution in [0.25, 0.3) is 11.1 Å². The van der Waals surface area contributed by atoms with Gasteiger partial charge in [-0.2, -0.15) is 0 Å². The van der Waals surface area contributed by atoms with Gasteiger partial charge in [0, 0.05) is 5.57 Å². The molecule has 1 aliphatic carbocycles. The second kappa shape index (κ2) is 20.6. The molecule has 0 N–H and O–H groups in total. The predicted octanol–water partition coefficient (Wildman–Crippen LogP) is 16.1. The van der Waals surface area contributed by atoms with E-state index in [-0.39, 0.29) is 22.0 Å². The van der Waals surface area contributed by atoms with Crippen molar-refractivity contribution in [2.75, 3.05) is 0 Å². The zero-order chi connectivity index (χ0) is 41.0. The standard InChI is InChI=1S/C25H36O.C18H22.C10H22/c1-16(2)23(21(7)26)20(6)25(9)14-10-13-24(25,8)15-22-12-11-17(3)18(4)19(22)5;1-13-9-10-14(2)17(11-13)15-7-6-8-16(12-15)18(3,4)5;1-4-7-10(8-5-2)9-6-3/h11-12H,1,10,13-15H2,2-9H3;6-12H,1-5H3;10H,4-9H2,1-3H3/b23-20-;;. The molecule has 4 rings (SSSR count). The number of benzene rings is 3. The summed E-state index contributed by atoms with van der Waals surface area (Å²) >= 11 is 0. The number of hydrogen-bond donors (Lipinski definition) is 0. The van der Waals surface area contributed by atoms with E-state index in [2.05, 4.69) is 158 Å². The van der Waals surface area contributed by atoms with Crippen LogP contribution in [0, 0.1) is 51.4 Å². The van der Waals surface area contributed by atoms with Crippen molar-refractivity contribution in [2.45, 2.75) is 180 Å². The maximum atomic E-state index is 12.3. The maximum absolute atomic E-state index is 12.3. The average Bonchev–Trinajstić information content (AvgIpc) is 3.40. The molecule has 0 aromatic heterocycles. The Morgan fingerprint density at radius 3 is 1.85 bits per heavy atom. The lowest BCUT2D eigenvalue weighted by atomic mass is 9.60. The summed E-state index contributed by atoms with van der Waals surface area (Å²) in [5.41, 5.74) is 15.7. The highest BCUT2D eigenvalue weighted by Gasteiger charge is 2.50. The van der Waals surface area contributed by atoms with Crippen LogP contribution in [0.3, 0.4) is 0 Å². The number of carbonyl (C=O) groups excluding carboxylic acids is 1. The Kier molecular flexibility index (Phi) is 18.0. The van der Waals surface area contributed by atoms with Crippen molar-refractivity contribution < 1.29 is 4.79 Å². The van der Waals surface area contributed by atoms with E-state index in [9.17, 15) is 4.79 Å². The first-order chi connectivity index (χ1) is 25.2. The van der Waals surface area contributed by atoms with Gasteiger partial charge in [-0.3, -0.25) is 4.79 Å². The van der Waals surface area contributed by atoms with Crippen molar-refractivity contribution in [1.29, 1.82) is 0 Å². The highest BCUT2D eigenvalue weighted by Crippen LogP contribution is 2.59. The molecule has 298 valence electrons. The summed E-state index contributed by atoms with van der Waals surface area (Å²) in [7, 11) is 0. The first-order valence-electron chi connectivity index (χ1n) is 21.3. The van der Waals surface area contributed by atoms with Crippen molar-refractivity contribution in [3.63, 3.8) is 0 Å². The average molecular weight is 733 g/mol. The molecule has 1 aliphatic rings. The Morgan fingerprint density at radius 1 is 0.759 bits per heavy atom. The van der Waals surface area contributed by atoms with Crippen LogP contribution in [0.5, 0.6) is 0 Å². The lowest BCUT2D eigenvalue weighted by Gasteiger charge is -2.44. The second-order valence-corrected chi connectivity index (χ2v) is 18.4. The van der Waals surface area contributed by atoms with Crippen molar-refractivity contribution in [3.05, 3.63) is 117 Å². The van der Waals surface area contributed by atoms with Crippen LogP contribution in [0.4, 0.5) is 0 Å². The minimum absolute atomic E-state index is 0.0260. The summed E-state index contributed by atoms with van der Waals surface area (Å²) in [6.45, 7) is 39.3. The van der Waals surface area contributed by atoms with Crippen LogP contribution in [0.15, 0.2) is 77.9 Å². The number of carbonyl (C=O) groups is 1. The van der Waals surface area contributed by atoms with Gasteiger partial charge < -0.3 is 0 Å². The molecule has 2 atom stereocenters. The van der Waals surface area contributed by atoms with E-state index in [4.69, 9.17) is 0 Å². The fraction of sp³-hybridized carbons (Fsp3) is 0.566. The summed E-state index contributed by atoms with van der Waals surface area (Å²) in [6.07, 6.45) is 13.1. The van der Waals surface area contributed by atoms with Crippen molar-refractivity contribution in [3.8, 4) is 11.1 Å². The summed E-state index contributed by atoms with van der Waals surface area (Å²) in [4.78, 5) is 12.3. The molecule has 0 spiro atoms. The van der Waals surface area contributed by atoms with Crippen LogP contribution in [0.2, 0.25) is 0 Å². The number of aryl methyl sites for hydroxylation is 3. The number of allylic oxidation sites excluding steroid dienone is 3. The minimum Gasteiger partial charge on any atom is -0.295 e. The monoisotopic (exact) mass is 733 g/mol. The van der Waals surface area contributed by atoms with E-state index in [0.29, 0.717) is 0 Å². The van der Waals surface area contributed by atoms with Crippen molar-refractivity contribution in [1.82, 2.24) is 0 Å². The molecule has 3 aromatic carbocycles. The van der Waals surface area contributed by atoms with Gasteiger partial charge in [0.1, 0.15) is 0 Å². The summed E-state index contributed by atoms with van der Waals surface area (Å²) in [6, 6.07) is 20.1. The fourth-order valence-electron chi connectivity index (χ4n) is 8.98. The van der Waals surface area contributed by atoms with Crippen LogP contribution >= 0.6 is 0 Å². The molecule has 0 aliphatic heterocycles. The topological polar surface area (TPSA) is 17.1 Å². The van der Waals surface area contributed by atoms with Crippen LogP contribution in [0.1, 0.15) is 173 Å². The van der Waals surface area contributed by atoms with Gasteiger partial charge in [0.2, 0.25) is 0 Å². The maximum Gasteiger partial charge on any atom is 0.160 e. The molecule has 0 saturated heterocycles. The van der Waals surface area contributed by atoms with E-state index in [1.165, 1.54) is 107 Å². The molecule has 0 heterocycles. The molecule has 1 saturated carbocycles. The predicted molar refractivity (Wildman–Crippen MR) is 241 cm³/mol. The fourth-order valence-corrected chi connectivity index (χ4v) is 8.98. The summed E-state index contributed by atoms with van der Waals surface area (Å²) in [5.74, 6) is 1.17. The lowest BCUT2D eigenvalue weighted by Crippen LogP contribution is -2.37. The van der Waals surface area contributed by atoms with Crippen LogP contribution in [-0.2, 0) is 16.6 Å². The smallest absolute Gasteiger partial charge is 0.160 e. The number of hydrogen-bond acceptors (Lipinski definition) is 1. The molecule has 1 heteroatoms. The molecule has 54 heavy (non-hydrogen) atoms. The van der Waals surface area contributed by atoms with Gasteiger partial charge in [0.15, 0.2) is 5.78 Å². The van der Waals surface area contributed by atoms with E-state index in [1.807, 2.05) is 6.92 Å². The molecule has 0 amide bonds. The van der Waals surface area contributed by atoms with E-state index >= 15 is 0 Å². The molecule has 3 aromatic rings. The first kappa shape index (κ1) is 47.0. The molecule has 0 radical (unpaired) electrons. The Labute approximate surface area is 334 Å². The van der Waals surface area contributed by atoms with Gasteiger partial charge in [-0.1, -0.05) is 173 Å². The second-order valence-electron chi connectivity index (χ2n) is 18.4. The first-order valence-corrected chi connectivity index (χ1v) is 21.3. The van der Waals surface area contributed by atoms with Gasteiger partial charge in [-0.15, -0.1) is 0 Å². The zero-order valence-electron chi connectivity index (χ0n) is 38.0. The SMILES string of the molecule is C=C(C)/C(C(C)=O)=C(\C)C1(C)CCCC1(C)Cc1ccc(C)c(C)c1C.CCCC(CCC)CCC.Cc1ccc(C)c(-c2cccc(C(C)(C)C)c2)c1. The van der Waals surface area contributed by atoms with Gasteiger partial charge in [0.25, 0.3) is 0 Å². The molecule has 1 fully saturated rings. The number of Topliss-reactive ketones (excluding diaryl/α,β-unsaturated/α-hetero) is 1. The Morgan fingerprint density at radius 2 is 1.33 bits per heavy atom. The number of rotatable bonds is 12. The highest BCUT2D eigenvalue weighted by molar-refractivity contribution is 5.98. The Balaban J connectivity index is 0.000000311. The lowest BCUT2D eigenvalue weighted by molar-refractivity contribution is -0.113. The van der Waals surface area contributed by atoms with E-state index in [0.717, 1.165) is 29.9 Å². The minimum atomic E-state index is 0.0260. The third-order valence-electron chi connectivity index (χ3n) is 13.0. The van der Waals surface area contributed by atoms with Gasteiger partial charge >= 0.3 is 0 Å². The third-order valence-corrected chi connectivity index (χ3v) is 13.0. The Hall–Kier alpha value is -3.19. The van der Waals surface area contributed by atoms with Crippen LogP contribution < -0.4 is 0 Å². The van der Waals surface area contributed by atoms with Crippen molar-refractivity contribution >= 4 is 5.78 Å². The quantitative estimate of drug-likeness (QED) is 0.134. The molecule has 2 unspecified atom stereocenters. The number of ketones is 1. The van der Waals surface area contributed by atoms with E-state index in [1.54, 1.807) is 6.92 Å². The third kappa shape index (κ3) is 12.2. The Bertz CT molecular complexity index is 1690. The van der Waals surface area contributed by atoms with Crippen LogP contribution in [-0.4, -0.2) is 5.78 Å². The molecular formula is C53H80O. The molecular weight excluding hydrogens is 653 g/mol.